The Morgan fingerprint density at radius 1 is 0.903 bits per heavy atom. The molecule has 0 atom stereocenters. The maximum atomic E-state index is 12.4. The first-order chi connectivity index (χ1) is 15.2. The van der Waals surface area contributed by atoms with Gasteiger partial charge in [-0.05, 0) is 36.4 Å². The smallest absolute Gasteiger partial charge is 0.258 e. The number of nitrogens with one attached hydrogen (secondary N) is 1. The summed E-state index contributed by atoms with van der Waals surface area (Å²) in [7, 11) is 0. The number of carbonyl (C=O) groups is 2. The number of ether oxygens (including phenoxy) is 1. The van der Waals surface area contributed by atoms with Gasteiger partial charge in [0.15, 0.2) is 12.4 Å². The number of aromatic nitrogens is 3. The molecular weight excluding hydrogens is 396 g/mol. The molecule has 8 nitrogen and oxygen atoms in total. The van der Waals surface area contributed by atoms with Gasteiger partial charge in [0.05, 0.1) is 6.54 Å². The van der Waals surface area contributed by atoms with Crippen molar-refractivity contribution in [2.75, 3.05) is 6.61 Å². The highest BCUT2D eigenvalue weighted by atomic mass is 16.5. The Morgan fingerprint density at radius 3 is 2.35 bits per heavy atom. The molecule has 31 heavy (non-hydrogen) atoms. The van der Waals surface area contributed by atoms with Crippen LogP contribution in [0.1, 0.15) is 21.8 Å². The molecule has 0 aliphatic carbocycles. The van der Waals surface area contributed by atoms with Gasteiger partial charge in [-0.3, -0.25) is 14.6 Å². The summed E-state index contributed by atoms with van der Waals surface area (Å²) >= 11 is 0. The zero-order valence-corrected chi connectivity index (χ0v) is 16.4. The minimum absolute atomic E-state index is 0.0735. The molecule has 2 aromatic heterocycles. The van der Waals surface area contributed by atoms with Gasteiger partial charge in [-0.2, -0.15) is 4.98 Å². The molecule has 0 aliphatic heterocycles. The second-order valence-electron chi connectivity index (χ2n) is 6.53. The first-order valence-electron chi connectivity index (χ1n) is 9.51. The van der Waals surface area contributed by atoms with Gasteiger partial charge in [0.25, 0.3) is 5.91 Å². The van der Waals surface area contributed by atoms with Crippen LogP contribution in [0.3, 0.4) is 0 Å². The van der Waals surface area contributed by atoms with Crippen molar-refractivity contribution < 1.29 is 18.8 Å². The fourth-order valence-corrected chi connectivity index (χ4v) is 2.78. The van der Waals surface area contributed by atoms with Gasteiger partial charge in [0.1, 0.15) is 5.75 Å². The van der Waals surface area contributed by atoms with Crippen LogP contribution in [0, 0.1) is 0 Å². The molecule has 0 bridgehead atoms. The average molecular weight is 414 g/mol. The van der Waals surface area contributed by atoms with Gasteiger partial charge >= 0.3 is 0 Å². The van der Waals surface area contributed by atoms with Crippen LogP contribution < -0.4 is 10.1 Å². The number of nitrogens with zero attached hydrogens (tertiary/aromatic N) is 3. The van der Waals surface area contributed by atoms with Crippen LogP contribution in [0.5, 0.6) is 5.75 Å². The lowest BCUT2D eigenvalue weighted by atomic mass is 10.0. The third-order valence-electron chi connectivity index (χ3n) is 4.37. The highest BCUT2D eigenvalue weighted by Gasteiger charge is 2.11. The number of hydrogen-bond donors (Lipinski definition) is 1. The Morgan fingerprint density at radius 2 is 1.61 bits per heavy atom. The first kappa shape index (κ1) is 20.0. The van der Waals surface area contributed by atoms with E-state index >= 15 is 0 Å². The summed E-state index contributed by atoms with van der Waals surface area (Å²) in [5.41, 5.74) is 1.93. The molecule has 0 aliphatic rings. The third kappa shape index (κ3) is 5.18. The highest BCUT2D eigenvalue weighted by molar-refractivity contribution is 6.08. The van der Waals surface area contributed by atoms with Crippen LogP contribution in [0.2, 0.25) is 0 Å². The van der Waals surface area contributed by atoms with Gasteiger partial charge in [0.2, 0.25) is 11.7 Å². The summed E-state index contributed by atoms with van der Waals surface area (Å²) in [6.07, 6.45) is 3.27. The molecule has 4 rings (SSSR count). The Labute approximate surface area is 177 Å². The average Bonchev–Trinajstić information content (AvgIpc) is 3.31. The maximum absolute atomic E-state index is 12.4. The van der Waals surface area contributed by atoms with E-state index in [1.54, 1.807) is 60.9 Å². The molecule has 0 unspecified atom stereocenters. The number of benzene rings is 2. The van der Waals surface area contributed by atoms with E-state index in [0.29, 0.717) is 22.7 Å². The molecule has 1 N–H and O–H groups in total. The minimum atomic E-state index is -0.340. The van der Waals surface area contributed by atoms with Gasteiger partial charge < -0.3 is 14.6 Å². The number of carbonyl (C=O) groups excluding carboxylic acids is 2. The van der Waals surface area contributed by atoms with E-state index in [0.717, 1.165) is 5.56 Å². The zero-order valence-electron chi connectivity index (χ0n) is 16.4. The number of rotatable bonds is 8. The van der Waals surface area contributed by atoms with E-state index in [4.69, 9.17) is 9.26 Å². The van der Waals surface area contributed by atoms with E-state index in [2.05, 4.69) is 20.4 Å². The lowest BCUT2D eigenvalue weighted by molar-refractivity contribution is -0.123. The van der Waals surface area contributed by atoms with E-state index < -0.39 is 0 Å². The SMILES string of the molecule is O=C(COc1ccc(C(=O)c2ccccc2)cc1)NCc1nc(-c2ccncc2)no1. The third-order valence-corrected chi connectivity index (χ3v) is 4.37. The fraction of sp³-hybridized carbons (Fsp3) is 0.0870. The Balaban J connectivity index is 1.25. The standard InChI is InChI=1S/C23H18N4O4/c28-20(25-14-21-26-23(27-31-21)18-10-12-24-13-11-18)15-30-19-8-6-17(7-9-19)22(29)16-4-2-1-3-5-16/h1-13H,14-15H2,(H,25,28). The van der Waals surface area contributed by atoms with E-state index in [1.165, 1.54) is 0 Å². The number of hydrogen-bond acceptors (Lipinski definition) is 7. The summed E-state index contributed by atoms with van der Waals surface area (Å²) in [4.78, 5) is 32.6. The quantitative estimate of drug-likeness (QED) is 0.442. The maximum Gasteiger partial charge on any atom is 0.258 e. The minimum Gasteiger partial charge on any atom is -0.484 e. The Hall–Kier alpha value is -4.33. The van der Waals surface area contributed by atoms with Crippen LogP contribution in [-0.4, -0.2) is 33.4 Å². The van der Waals surface area contributed by atoms with Gasteiger partial charge in [-0.25, -0.2) is 0 Å². The summed E-state index contributed by atoms with van der Waals surface area (Å²) < 4.78 is 10.6. The van der Waals surface area contributed by atoms with Crippen LogP contribution in [-0.2, 0) is 11.3 Å². The van der Waals surface area contributed by atoms with E-state index in [9.17, 15) is 9.59 Å². The van der Waals surface area contributed by atoms with Gasteiger partial charge in [-0.15, -0.1) is 0 Å². The van der Waals surface area contributed by atoms with Crippen molar-refractivity contribution in [1.29, 1.82) is 0 Å². The summed E-state index contributed by atoms with van der Waals surface area (Å²) in [5.74, 6) is 0.776. The van der Waals surface area contributed by atoms with Gasteiger partial charge in [-0.1, -0.05) is 35.5 Å². The van der Waals surface area contributed by atoms with Crippen molar-refractivity contribution in [3.05, 3.63) is 96.1 Å². The molecule has 0 saturated carbocycles. The molecule has 2 heterocycles. The molecule has 154 valence electrons. The first-order valence-corrected chi connectivity index (χ1v) is 9.51. The second kappa shape index (κ2) is 9.45. The highest BCUT2D eigenvalue weighted by Crippen LogP contribution is 2.16. The van der Waals surface area contributed by atoms with Crippen LogP contribution in [0.4, 0.5) is 0 Å². The molecule has 4 aromatic rings. The number of ketones is 1. The molecule has 1 amide bonds. The fourth-order valence-electron chi connectivity index (χ4n) is 2.78. The van der Waals surface area contributed by atoms with Crippen LogP contribution in [0.25, 0.3) is 11.4 Å². The summed E-state index contributed by atoms with van der Waals surface area (Å²) in [5, 5.41) is 6.54. The van der Waals surface area contributed by atoms with Crippen molar-refractivity contribution in [3.8, 4) is 17.1 Å². The largest absolute Gasteiger partial charge is 0.484 e. The van der Waals surface area contributed by atoms with Crippen molar-refractivity contribution in [2.24, 2.45) is 0 Å². The Bertz CT molecular complexity index is 1160. The topological polar surface area (TPSA) is 107 Å². The second-order valence-corrected chi connectivity index (χ2v) is 6.53. The molecule has 8 heteroatoms. The summed E-state index contributed by atoms with van der Waals surface area (Å²) in [6.45, 7) is -0.0951. The molecule has 0 saturated heterocycles. The summed E-state index contributed by atoms with van der Waals surface area (Å²) in [6, 6.07) is 19.2. The molecule has 0 spiro atoms. The molecule has 2 aromatic carbocycles. The normalized spacial score (nSPS) is 10.5. The van der Waals surface area contributed by atoms with Crippen molar-refractivity contribution >= 4 is 11.7 Å². The van der Waals surface area contributed by atoms with Crippen LogP contribution >= 0.6 is 0 Å². The zero-order chi connectivity index (χ0) is 21.5. The van der Waals surface area contributed by atoms with Crippen molar-refractivity contribution in [3.63, 3.8) is 0 Å². The lowest BCUT2D eigenvalue weighted by Crippen LogP contribution is -2.28. The number of amides is 1. The van der Waals surface area contributed by atoms with Crippen molar-refractivity contribution in [1.82, 2.24) is 20.4 Å². The van der Waals surface area contributed by atoms with E-state index in [-0.39, 0.29) is 30.7 Å². The molecular formula is C23H18N4O4. The van der Waals surface area contributed by atoms with E-state index in [1.807, 2.05) is 18.2 Å². The predicted octanol–water partition coefficient (Wildman–Crippen LogP) is 3.06. The monoisotopic (exact) mass is 414 g/mol. The lowest BCUT2D eigenvalue weighted by Gasteiger charge is -2.07. The number of pyridine rings is 1. The molecule has 0 fully saturated rings. The van der Waals surface area contributed by atoms with Crippen molar-refractivity contribution in [2.45, 2.75) is 6.54 Å². The van der Waals surface area contributed by atoms with Crippen LogP contribution in [0.15, 0.2) is 83.6 Å². The Kier molecular flexibility index (Phi) is 6.08. The predicted molar refractivity (Wildman–Crippen MR) is 111 cm³/mol. The van der Waals surface area contributed by atoms with Gasteiger partial charge in [0, 0.05) is 29.1 Å². The molecule has 0 radical (unpaired) electrons.